The number of rotatable bonds is 6. The van der Waals surface area contributed by atoms with Crippen molar-refractivity contribution in [3.05, 3.63) is 35.6 Å². The van der Waals surface area contributed by atoms with Gasteiger partial charge >= 0.3 is 7.60 Å². The van der Waals surface area contributed by atoms with Crippen LogP contribution in [0.25, 0.3) is 0 Å². The number of amides is 1. The molecule has 2 aliphatic rings. The summed E-state index contributed by atoms with van der Waals surface area (Å²) in [4.78, 5) is 15.4. The fraction of sp³-hybridized carbons (Fsp3) is 0.650. The quantitative estimate of drug-likeness (QED) is 0.629. The van der Waals surface area contributed by atoms with E-state index in [4.69, 9.17) is 9.05 Å². The third-order valence-corrected chi connectivity index (χ3v) is 8.03. The van der Waals surface area contributed by atoms with Gasteiger partial charge in [-0.2, -0.15) is 0 Å². The highest BCUT2D eigenvalue weighted by molar-refractivity contribution is 7.55. The fourth-order valence-electron chi connectivity index (χ4n) is 4.42. The molecule has 1 unspecified atom stereocenters. The van der Waals surface area contributed by atoms with Gasteiger partial charge in [0.25, 0.3) is 0 Å². The summed E-state index contributed by atoms with van der Waals surface area (Å²) in [5.41, 5.74) is 0.168. The Morgan fingerprint density at radius 1 is 1.04 bits per heavy atom. The van der Waals surface area contributed by atoms with Crippen LogP contribution in [0.4, 0.5) is 4.39 Å². The van der Waals surface area contributed by atoms with Crippen LogP contribution in [-0.2, 0) is 18.4 Å². The number of halogens is 1. The average Bonchev–Trinajstić information content (AvgIpc) is 2.82. The normalized spacial score (nSPS) is 26.6. The van der Waals surface area contributed by atoms with Crippen molar-refractivity contribution >= 4 is 13.5 Å². The van der Waals surface area contributed by atoms with Crippen LogP contribution in [0.15, 0.2) is 24.3 Å². The minimum absolute atomic E-state index is 0.117. The van der Waals surface area contributed by atoms with E-state index in [2.05, 4.69) is 0 Å². The van der Waals surface area contributed by atoms with E-state index in [0.29, 0.717) is 6.42 Å². The smallest absolute Gasteiger partial charge is 0.332 e. The molecule has 150 valence electrons. The Labute approximate surface area is 160 Å². The van der Waals surface area contributed by atoms with Crippen molar-refractivity contribution in [1.82, 2.24) is 4.90 Å². The second kappa shape index (κ2) is 8.85. The lowest BCUT2D eigenvalue weighted by Gasteiger charge is -2.43. The molecule has 1 amide bonds. The third kappa shape index (κ3) is 4.28. The molecule has 27 heavy (non-hydrogen) atoms. The zero-order valence-electron chi connectivity index (χ0n) is 16.1. The van der Waals surface area contributed by atoms with Crippen LogP contribution >= 0.6 is 7.60 Å². The van der Waals surface area contributed by atoms with Gasteiger partial charge in [0.1, 0.15) is 11.5 Å². The lowest BCUT2D eigenvalue weighted by molar-refractivity contribution is -0.137. The molecule has 0 aromatic heterocycles. The maximum Gasteiger partial charge on any atom is 0.343 e. The van der Waals surface area contributed by atoms with Gasteiger partial charge in [0, 0.05) is 6.04 Å². The highest BCUT2D eigenvalue weighted by Crippen LogP contribution is 2.57. The predicted octanol–water partition coefficient (Wildman–Crippen LogP) is 5.07. The van der Waals surface area contributed by atoms with Crippen LogP contribution in [0.5, 0.6) is 0 Å². The van der Waals surface area contributed by atoms with Gasteiger partial charge in [-0.3, -0.25) is 9.36 Å². The molecule has 5 nitrogen and oxygen atoms in total. The maximum atomic E-state index is 13.5. The molecule has 0 aliphatic carbocycles. The van der Waals surface area contributed by atoms with Gasteiger partial charge < -0.3 is 13.9 Å². The van der Waals surface area contributed by atoms with E-state index < -0.39 is 13.3 Å². The first kappa shape index (κ1) is 20.5. The topological polar surface area (TPSA) is 55.8 Å². The molecule has 0 radical (unpaired) electrons. The summed E-state index contributed by atoms with van der Waals surface area (Å²) in [5.74, 6) is -0.430. The van der Waals surface area contributed by atoms with Crippen molar-refractivity contribution in [2.45, 2.75) is 70.1 Å². The van der Waals surface area contributed by atoms with Crippen LogP contribution < -0.4 is 0 Å². The van der Waals surface area contributed by atoms with Gasteiger partial charge in [0.2, 0.25) is 5.91 Å². The van der Waals surface area contributed by atoms with Crippen molar-refractivity contribution in [3.8, 4) is 0 Å². The van der Waals surface area contributed by atoms with E-state index in [1.165, 1.54) is 12.1 Å². The lowest BCUT2D eigenvalue weighted by Crippen LogP contribution is -2.48. The Balaban J connectivity index is 1.94. The largest absolute Gasteiger partial charge is 0.343 e. The maximum absolute atomic E-state index is 13.5. The van der Waals surface area contributed by atoms with Gasteiger partial charge in [0.15, 0.2) is 0 Å². The number of carbonyl (C=O) groups is 1. The van der Waals surface area contributed by atoms with Crippen LogP contribution in [0.3, 0.4) is 0 Å². The number of nitrogens with zero attached hydrogens (tertiary/aromatic N) is 1. The molecule has 2 aliphatic heterocycles. The molecular weight excluding hydrogens is 368 g/mol. The molecular formula is C20H29FNO4P. The van der Waals surface area contributed by atoms with Crippen molar-refractivity contribution in [3.63, 3.8) is 0 Å². The van der Waals surface area contributed by atoms with E-state index in [-0.39, 0.29) is 37.0 Å². The highest BCUT2D eigenvalue weighted by Gasteiger charge is 2.48. The van der Waals surface area contributed by atoms with Crippen LogP contribution in [0, 0.1) is 5.82 Å². The number of carbonyl (C=O) groups excluding carboxylic acids is 1. The first-order valence-corrected chi connectivity index (χ1v) is 11.6. The first-order chi connectivity index (χ1) is 13.0. The van der Waals surface area contributed by atoms with Gasteiger partial charge in [-0.1, -0.05) is 12.1 Å². The molecule has 1 aromatic carbocycles. The Morgan fingerprint density at radius 3 is 2.22 bits per heavy atom. The number of hydrogen-bond acceptors (Lipinski definition) is 4. The summed E-state index contributed by atoms with van der Waals surface area (Å²) in [6, 6.07) is 6.38. The van der Waals surface area contributed by atoms with E-state index >= 15 is 0 Å². The van der Waals surface area contributed by atoms with Gasteiger partial charge in [-0.15, -0.1) is 0 Å². The fourth-order valence-corrected chi connectivity index (χ4v) is 6.48. The van der Waals surface area contributed by atoms with Crippen LogP contribution in [0.2, 0.25) is 0 Å². The minimum Gasteiger partial charge on any atom is -0.332 e. The summed E-state index contributed by atoms with van der Waals surface area (Å²) in [5, 5.41) is 0. The molecule has 0 spiro atoms. The minimum atomic E-state index is -3.52. The molecule has 2 heterocycles. The molecule has 0 bridgehead atoms. The van der Waals surface area contributed by atoms with E-state index in [1.54, 1.807) is 26.0 Å². The Kier molecular flexibility index (Phi) is 6.72. The first-order valence-electron chi connectivity index (χ1n) is 9.96. The van der Waals surface area contributed by atoms with Crippen LogP contribution in [-0.4, -0.2) is 35.7 Å². The van der Waals surface area contributed by atoms with Crippen molar-refractivity contribution in [1.29, 1.82) is 0 Å². The highest BCUT2D eigenvalue weighted by atomic mass is 31.2. The molecule has 7 heteroatoms. The van der Waals surface area contributed by atoms with Gasteiger partial charge in [-0.25, -0.2) is 4.39 Å². The predicted molar refractivity (Wildman–Crippen MR) is 102 cm³/mol. The van der Waals surface area contributed by atoms with Crippen molar-refractivity contribution < 1.29 is 22.8 Å². The Bertz CT molecular complexity index is 686. The van der Waals surface area contributed by atoms with Gasteiger partial charge in [-0.05, 0) is 70.1 Å². The average molecular weight is 397 g/mol. The number of fused-ring (bicyclic) bond motifs is 1. The zero-order chi connectivity index (χ0) is 19.4. The Hall–Kier alpha value is -1.23. The standard InChI is InChI=1S/C20H29FNO4P/c1-3-25-27(24,26-4-2)19-10-6-8-17-7-5-9-18(22(17)20(19)23)15-11-13-16(21)14-12-15/h11-14,17-19H,3-10H2,1-2H3/t17-,18+,19?/m0/s1. The number of piperidine rings is 1. The molecule has 0 saturated carbocycles. The summed E-state index contributed by atoms with van der Waals surface area (Å²) >= 11 is 0. The lowest BCUT2D eigenvalue weighted by atomic mass is 9.89. The molecule has 2 saturated heterocycles. The summed E-state index contributed by atoms with van der Waals surface area (Å²) in [6.07, 6.45) is 5.02. The van der Waals surface area contributed by atoms with Crippen molar-refractivity contribution in [2.75, 3.05) is 13.2 Å². The van der Waals surface area contributed by atoms with Crippen LogP contribution in [0.1, 0.15) is 64.0 Å². The summed E-state index contributed by atoms with van der Waals surface area (Å²) in [6.45, 7) is 4.01. The second-order valence-corrected chi connectivity index (χ2v) is 9.44. The van der Waals surface area contributed by atoms with E-state index in [9.17, 15) is 13.8 Å². The molecule has 0 N–H and O–H groups in total. The third-order valence-electron chi connectivity index (χ3n) is 5.55. The summed E-state index contributed by atoms with van der Waals surface area (Å²) in [7, 11) is -3.52. The van der Waals surface area contributed by atoms with Gasteiger partial charge in [0.05, 0.1) is 19.3 Å². The Morgan fingerprint density at radius 2 is 1.63 bits per heavy atom. The molecule has 1 aromatic rings. The molecule has 3 rings (SSSR count). The molecule has 2 fully saturated rings. The van der Waals surface area contributed by atoms with Crippen molar-refractivity contribution in [2.24, 2.45) is 0 Å². The SMILES string of the molecule is CCOP(=O)(OCC)C1CCC[C@@H]2CCC[C@H](c3ccc(F)cc3)N2C1=O. The van der Waals surface area contributed by atoms with E-state index in [1.807, 2.05) is 4.90 Å². The summed E-state index contributed by atoms with van der Waals surface area (Å²) < 4.78 is 37.7. The molecule has 3 atom stereocenters. The number of hydrogen-bond donors (Lipinski definition) is 0. The second-order valence-electron chi connectivity index (χ2n) is 7.22. The number of benzene rings is 1. The zero-order valence-corrected chi connectivity index (χ0v) is 17.0. The monoisotopic (exact) mass is 397 g/mol. The van der Waals surface area contributed by atoms with E-state index in [0.717, 1.165) is 37.7 Å².